The van der Waals surface area contributed by atoms with Gasteiger partial charge in [0.25, 0.3) is 0 Å². The van der Waals surface area contributed by atoms with E-state index in [-0.39, 0.29) is 18.0 Å². The summed E-state index contributed by atoms with van der Waals surface area (Å²) in [5.41, 5.74) is 7.95. The summed E-state index contributed by atoms with van der Waals surface area (Å²) in [6.07, 6.45) is 10.3. The van der Waals surface area contributed by atoms with Gasteiger partial charge in [-0.05, 0) is 92.5 Å². The molecule has 3 aliphatic rings. The number of likely N-dealkylation sites (tertiary alicyclic amines) is 1. The van der Waals surface area contributed by atoms with Crippen LogP contribution in [0.1, 0.15) is 60.4 Å². The number of benzene rings is 1. The predicted octanol–water partition coefficient (Wildman–Crippen LogP) is 2.70. The van der Waals surface area contributed by atoms with Crippen LogP contribution < -0.4 is 5.32 Å². The molecule has 138 valence electrons. The zero-order valence-corrected chi connectivity index (χ0v) is 15.8. The zero-order valence-electron chi connectivity index (χ0n) is 15.8. The molecule has 1 aromatic rings. The fraction of sp³-hybridized carbons (Fsp3) is 0.636. The number of fused-ring (bicyclic) bond motifs is 2. The van der Waals surface area contributed by atoms with Crippen molar-refractivity contribution in [1.29, 1.82) is 5.26 Å². The Balaban J connectivity index is 1.41. The van der Waals surface area contributed by atoms with Crippen LogP contribution >= 0.6 is 0 Å². The van der Waals surface area contributed by atoms with Gasteiger partial charge in [0, 0.05) is 12.6 Å². The SMILES string of the molecule is CC(Cc1c2c(cc3c1CCC3)CCC2)NCC(=O)N1CCC[C@H]1C#N. The molecule has 0 bridgehead atoms. The molecule has 26 heavy (non-hydrogen) atoms. The van der Waals surface area contributed by atoms with Crippen molar-refractivity contribution in [2.45, 2.75) is 76.8 Å². The second kappa shape index (κ2) is 7.40. The Hall–Kier alpha value is -1.86. The van der Waals surface area contributed by atoms with Gasteiger partial charge in [-0.2, -0.15) is 5.26 Å². The normalized spacial score (nSPS) is 22.2. The molecule has 1 saturated heterocycles. The number of aryl methyl sites for hydroxylation is 2. The molecular weight excluding hydrogens is 322 g/mol. The largest absolute Gasteiger partial charge is 0.326 e. The molecule has 1 fully saturated rings. The molecule has 2 atom stereocenters. The van der Waals surface area contributed by atoms with Crippen LogP contribution in [0, 0.1) is 11.3 Å². The van der Waals surface area contributed by atoms with Crippen LogP contribution in [-0.2, 0) is 36.9 Å². The standard InChI is InChI=1S/C22H29N3O/c1-15(24-14-22(26)25-10-4-7-18(25)13-23)11-21-19-8-2-5-16(19)12-17-6-3-9-20(17)21/h12,15,18,24H,2-11,14H2,1H3/t15?,18-/m0/s1. The highest BCUT2D eigenvalue weighted by molar-refractivity contribution is 5.79. The average molecular weight is 351 g/mol. The highest BCUT2D eigenvalue weighted by Crippen LogP contribution is 2.35. The first-order chi connectivity index (χ1) is 12.7. The van der Waals surface area contributed by atoms with Gasteiger partial charge in [0.2, 0.25) is 5.91 Å². The van der Waals surface area contributed by atoms with E-state index in [2.05, 4.69) is 24.4 Å². The number of hydrogen-bond acceptors (Lipinski definition) is 3. The molecule has 1 heterocycles. The minimum absolute atomic E-state index is 0.0735. The molecule has 1 aromatic carbocycles. The van der Waals surface area contributed by atoms with Gasteiger partial charge in [-0.3, -0.25) is 4.79 Å². The Kier molecular flexibility index (Phi) is 5.00. The van der Waals surface area contributed by atoms with Crippen LogP contribution in [0.3, 0.4) is 0 Å². The molecule has 0 saturated carbocycles. The van der Waals surface area contributed by atoms with E-state index in [0.717, 1.165) is 25.8 Å². The number of nitrogens with one attached hydrogen (secondary N) is 1. The Bertz CT molecular complexity index is 716. The Morgan fingerprint density at radius 3 is 2.58 bits per heavy atom. The lowest BCUT2D eigenvalue weighted by molar-refractivity contribution is -0.130. The summed E-state index contributed by atoms with van der Waals surface area (Å²) in [5, 5.41) is 12.6. The lowest BCUT2D eigenvalue weighted by Crippen LogP contribution is -2.43. The lowest BCUT2D eigenvalue weighted by Gasteiger charge is -2.23. The van der Waals surface area contributed by atoms with E-state index in [1.54, 1.807) is 32.7 Å². The van der Waals surface area contributed by atoms with Crippen LogP contribution in [0.4, 0.5) is 0 Å². The molecule has 1 amide bonds. The molecule has 4 rings (SSSR count). The molecule has 1 N–H and O–H groups in total. The zero-order chi connectivity index (χ0) is 18.1. The molecular formula is C22H29N3O. The molecule has 0 radical (unpaired) electrons. The van der Waals surface area contributed by atoms with Gasteiger partial charge < -0.3 is 10.2 Å². The second-order valence-electron chi connectivity index (χ2n) is 8.20. The van der Waals surface area contributed by atoms with Crippen LogP contribution in [0.15, 0.2) is 6.07 Å². The smallest absolute Gasteiger partial charge is 0.237 e. The van der Waals surface area contributed by atoms with Crippen molar-refractivity contribution < 1.29 is 4.79 Å². The van der Waals surface area contributed by atoms with Crippen LogP contribution in [0.5, 0.6) is 0 Å². The maximum Gasteiger partial charge on any atom is 0.237 e. The van der Waals surface area contributed by atoms with Gasteiger partial charge >= 0.3 is 0 Å². The minimum Gasteiger partial charge on any atom is -0.326 e. The van der Waals surface area contributed by atoms with Gasteiger partial charge in [-0.1, -0.05) is 6.07 Å². The number of nitrogens with zero attached hydrogens (tertiary/aromatic N) is 2. The quantitative estimate of drug-likeness (QED) is 0.887. The van der Waals surface area contributed by atoms with Crippen molar-refractivity contribution in [1.82, 2.24) is 10.2 Å². The summed E-state index contributed by atoms with van der Waals surface area (Å²) >= 11 is 0. The van der Waals surface area contributed by atoms with Crippen LogP contribution in [0.25, 0.3) is 0 Å². The predicted molar refractivity (Wildman–Crippen MR) is 102 cm³/mol. The van der Waals surface area contributed by atoms with E-state index < -0.39 is 0 Å². The van der Waals surface area contributed by atoms with E-state index in [0.29, 0.717) is 6.54 Å². The van der Waals surface area contributed by atoms with Crippen molar-refractivity contribution in [2.24, 2.45) is 0 Å². The molecule has 0 spiro atoms. The fourth-order valence-corrected chi connectivity index (χ4v) is 5.12. The first kappa shape index (κ1) is 17.5. The minimum atomic E-state index is -0.222. The Labute approximate surface area is 156 Å². The number of nitriles is 1. The lowest BCUT2D eigenvalue weighted by atomic mass is 9.90. The average Bonchev–Trinajstić information content (AvgIpc) is 3.38. The van der Waals surface area contributed by atoms with Crippen molar-refractivity contribution >= 4 is 5.91 Å². The highest BCUT2D eigenvalue weighted by atomic mass is 16.2. The summed E-state index contributed by atoms with van der Waals surface area (Å²) in [7, 11) is 0. The first-order valence-corrected chi connectivity index (χ1v) is 10.2. The topological polar surface area (TPSA) is 56.1 Å². The molecule has 4 nitrogen and oxygen atoms in total. The maximum absolute atomic E-state index is 12.5. The summed E-state index contributed by atoms with van der Waals surface area (Å²) in [6.45, 7) is 3.26. The third kappa shape index (κ3) is 3.25. The first-order valence-electron chi connectivity index (χ1n) is 10.2. The summed E-state index contributed by atoms with van der Waals surface area (Å²) < 4.78 is 0. The van der Waals surface area contributed by atoms with Crippen LogP contribution in [-0.4, -0.2) is 36.0 Å². The van der Waals surface area contributed by atoms with Crippen LogP contribution in [0.2, 0.25) is 0 Å². The van der Waals surface area contributed by atoms with E-state index >= 15 is 0 Å². The second-order valence-corrected chi connectivity index (χ2v) is 8.20. The van der Waals surface area contributed by atoms with Crippen molar-refractivity contribution in [3.8, 4) is 6.07 Å². The fourth-order valence-electron chi connectivity index (χ4n) is 5.12. The van der Waals surface area contributed by atoms with Gasteiger partial charge in [0.05, 0.1) is 12.6 Å². The number of carbonyl (C=O) groups excluding carboxylic acids is 1. The summed E-state index contributed by atoms with van der Waals surface area (Å²) in [6, 6.07) is 4.79. The molecule has 2 aliphatic carbocycles. The van der Waals surface area contributed by atoms with Gasteiger partial charge in [0.1, 0.15) is 6.04 Å². The van der Waals surface area contributed by atoms with Gasteiger partial charge in [0.15, 0.2) is 0 Å². The third-order valence-electron chi connectivity index (χ3n) is 6.43. The van der Waals surface area contributed by atoms with E-state index in [9.17, 15) is 10.1 Å². The maximum atomic E-state index is 12.5. The number of carbonyl (C=O) groups is 1. The van der Waals surface area contributed by atoms with Gasteiger partial charge in [-0.15, -0.1) is 0 Å². The van der Waals surface area contributed by atoms with E-state index in [1.165, 1.54) is 38.5 Å². The summed E-state index contributed by atoms with van der Waals surface area (Å²) in [5.74, 6) is 0.0735. The van der Waals surface area contributed by atoms with E-state index in [1.807, 2.05) is 0 Å². The monoisotopic (exact) mass is 351 g/mol. The number of hydrogen-bond donors (Lipinski definition) is 1. The molecule has 0 aromatic heterocycles. The number of rotatable bonds is 5. The molecule has 1 unspecified atom stereocenters. The van der Waals surface area contributed by atoms with Crippen molar-refractivity contribution in [3.05, 3.63) is 33.9 Å². The van der Waals surface area contributed by atoms with Crippen molar-refractivity contribution in [3.63, 3.8) is 0 Å². The Morgan fingerprint density at radius 1 is 1.23 bits per heavy atom. The van der Waals surface area contributed by atoms with Crippen molar-refractivity contribution in [2.75, 3.05) is 13.1 Å². The highest BCUT2D eigenvalue weighted by Gasteiger charge is 2.29. The Morgan fingerprint density at radius 2 is 1.92 bits per heavy atom. The molecule has 1 aliphatic heterocycles. The molecule has 4 heteroatoms. The third-order valence-corrected chi connectivity index (χ3v) is 6.43. The van der Waals surface area contributed by atoms with E-state index in [4.69, 9.17) is 0 Å². The summed E-state index contributed by atoms with van der Waals surface area (Å²) in [4.78, 5) is 14.2. The van der Waals surface area contributed by atoms with Gasteiger partial charge in [-0.25, -0.2) is 0 Å². The number of amides is 1.